The van der Waals surface area contributed by atoms with Gasteiger partial charge < -0.3 is 14.8 Å². The molecule has 0 saturated heterocycles. The smallest absolute Gasteiger partial charge is 0.414 e. The summed E-state index contributed by atoms with van der Waals surface area (Å²) in [7, 11) is 1.28. The van der Waals surface area contributed by atoms with E-state index in [0.29, 0.717) is 12.1 Å². The first kappa shape index (κ1) is 26.0. The topological polar surface area (TPSA) is 84.9 Å². The summed E-state index contributed by atoms with van der Waals surface area (Å²) >= 11 is 0. The van der Waals surface area contributed by atoms with Crippen LogP contribution in [0.4, 0.5) is 10.5 Å². The molecule has 7 nitrogen and oxygen atoms in total. The second-order valence-electron chi connectivity index (χ2n) is 9.84. The first-order chi connectivity index (χ1) is 16.4. The fraction of sp³-hybridized carbons (Fsp3) is 0.393. The van der Waals surface area contributed by atoms with Gasteiger partial charge in [-0.3, -0.25) is 14.5 Å². The number of rotatable bonds is 5. The highest BCUT2D eigenvalue weighted by Crippen LogP contribution is 2.35. The second kappa shape index (κ2) is 10.3. The van der Waals surface area contributed by atoms with Crippen molar-refractivity contribution in [2.45, 2.75) is 53.6 Å². The Kier molecular flexibility index (Phi) is 7.68. The number of benzene rings is 2. The summed E-state index contributed by atoms with van der Waals surface area (Å²) in [6.45, 7) is 11.8. The van der Waals surface area contributed by atoms with Crippen LogP contribution >= 0.6 is 0 Å². The minimum Gasteiger partial charge on any atom is -0.468 e. The minimum absolute atomic E-state index is 0.166. The molecule has 1 aliphatic heterocycles. The molecule has 0 bridgehead atoms. The average Bonchev–Trinajstić information content (AvgIpc) is 3.21. The van der Waals surface area contributed by atoms with E-state index in [-0.39, 0.29) is 18.5 Å². The number of fused-ring (bicyclic) bond motifs is 1. The van der Waals surface area contributed by atoms with Gasteiger partial charge in [0, 0.05) is 12.1 Å². The maximum atomic E-state index is 12.6. The standard InChI is InChI=1S/C28H34N2O5/c1-17-14-23(18(2)12-22(17)13-19(3)26(32)29-16-25(31)34-7)20-8-9-24-21(15-20)10-11-30(24)27(33)35-28(4,5)6/h8-9,12-15H,10-11,16H2,1-7H3,(H,29,32)/b19-13+. The normalized spacial score (nSPS) is 13.3. The third-order valence-electron chi connectivity index (χ3n) is 5.86. The van der Waals surface area contributed by atoms with Crippen molar-refractivity contribution in [3.05, 3.63) is 58.2 Å². The van der Waals surface area contributed by atoms with E-state index in [1.807, 2.05) is 52.8 Å². The molecule has 0 atom stereocenters. The third-order valence-corrected chi connectivity index (χ3v) is 5.86. The van der Waals surface area contributed by atoms with Crippen molar-refractivity contribution in [2.24, 2.45) is 0 Å². The Morgan fingerprint density at radius 1 is 1.09 bits per heavy atom. The number of carbonyl (C=O) groups excluding carboxylic acids is 3. The third kappa shape index (κ3) is 6.29. The predicted octanol–water partition coefficient (Wildman–Crippen LogP) is 4.96. The lowest BCUT2D eigenvalue weighted by atomic mass is 9.93. The number of esters is 1. The molecule has 1 aliphatic rings. The highest BCUT2D eigenvalue weighted by atomic mass is 16.6. The van der Waals surface area contributed by atoms with Crippen molar-refractivity contribution in [3.63, 3.8) is 0 Å². The van der Waals surface area contributed by atoms with E-state index in [4.69, 9.17) is 4.74 Å². The molecular weight excluding hydrogens is 444 g/mol. The van der Waals surface area contributed by atoms with Gasteiger partial charge in [0.25, 0.3) is 0 Å². The van der Waals surface area contributed by atoms with Crippen LogP contribution in [0.5, 0.6) is 0 Å². The van der Waals surface area contributed by atoms with Crippen LogP contribution in [-0.4, -0.2) is 43.8 Å². The van der Waals surface area contributed by atoms with Gasteiger partial charge in [-0.1, -0.05) is 18.2 Å². The molecule has 2 aromatic carbocycles. The predicted molar refractivity (Wildman–Crippen MR) is 137 cm³/mol. The lowest BCUT2D eigenvalue weighted by Gasteiger charge is -2.24. The molecule has 1 N–H and O–H groups in total. The van der Waals surface area contributed by atoms with Crippen molar-refractivity contribution in [1.82, 2.24) is 5.32 Å². The van der Waals surface area contributed by atoms with Crippen molar-refractivity contribution in [1.29, 1.82) is 0 Å². The summed E-state index contributed by atoms with van der Waals surface area (Å²) in [5.41, 5.74) is 7.21. The lowest BCUT2D eigenvalue weighted by molar-refractivity contribution is -0.140. The van der Waals surface area contributed by atoms with Crippen molar-refractivity contribution in [2.75, 3.05) is 25.1 Å². The van der Waals surface area contributed by atoms with Gasteiger partial charge in [0.2, 0.25) is 5.91 Å². The zero-order chi connectivity index (χ0) is 25.9. The van der Waals surface area contributed by atoms with Gasteiger partial charge in [0.1, 0.15) is 12.1 Å². The van der Waals surface area contributed by atoms with E-state index in [1.54, 1.807) is 11.8 Å². The highest BCUT2D eigenvalue weighted by Gasteiger charge is 2.29. The zero-order valence-electron chi connectivity index (χ0n) is 21.6. The lowest BCUT2D eigenvalue weighted by Crippen LogP contribution is -2.35. The van der Waals surface area contributed by atoms with E-state index in [2.05, 4.69) is 28.3 Å². The molecule has 0 aliphatic carbocycles. The number of amides is 2. The summed E-state index contributed by atoms with van der Waals surface area (Å²) in [5.74, 6) is -0.809. The summed E-state index contributed by atoms with van der Waals surface area (Å²) in [5, 5.41) is 2.55. The number of carbonyl (C=O) groups is 3. The summed E-state index contributed by atoms with van der Waals surface area (Å²) in [6.07, 6.45) is 2.28. The van der Waals surface area contributed by atoms with E-state index in [1.165, 1.54) is 7.11 Å². The Hall–Kier alpha value is -3.61. The fourth-order valence-corrected chi connectivity index (χ4v) is 4.04. The molecule has 0 spiro atoms. The molecule has 0 fully saturated rings. The quantitative estimate of drug-likeness (QED) is 0.485. The number of hydrogen-bond acceptors (Lipinski definition) is 5. The van der Waals surface area contributed by atoms with E-state index >= 15 is 0 Å². The molecule has 1 heterocycles. The molecule has 0 aromatic heterocycles. The van der Waals surface area contributed by atoms with Gasteiger partial charge in [0.05, 0.1) is 12.8 Å². The maximum absolute atomic E-state index is 12.6. The molecule has 3 rings (SSSR count). The van der Waals surface area contributed by atoms with Gasteiger partial charge in [0.15, 0.2) is 0 Å². The van der Waals surface area contributed by atoms with Crippen LogP contribution in [0.25, 0.3) is 17.2 Å². The van der Waals surface area contributed by atoms with Gasteiger partial charge in [-0.25, -0.2) is 4.79 Å². The SMILES string of the molecule is COC(=O)CNC(=O)/C(C)=C/c1cc(C)c(-c2ccc3c(c2)CCN3C(=O)OC(C)(C)C)cc1C. The Morgan fingerprint density at radius 2 is 1.80 bits per heavy atom. The summed E-state index contributed by atoms with van der Waals surface area (Å²) in [4.78, 5) is 37.8. The van der Waals surface area contributed by atoms with E-state index < -0.39 is 11.6 Å². The Morgan fingerprint density at radius 3 is 2.46 bits per heavy atom. The van der Waals surface area contributed by atoms with Gasteiger partial charge in [-0.2, -0.15) is 0 Å². The molecular formula is C28H34N2O5. The van der Waals surface area contributed by atoms with Gasteiger partial charge >= 0.3 is 12.1 Å². The van der Waals surface area contributed by atoms with Crippen LogP contribution in [0.15, 0.2) is 35.9 Å². The number of hydrogen-bond donors (Lipinski definition) is 1. The first-order valence-corrected chi connectivity index (χ1v) is 11.7. The molecule has 35 heavy (non-hydrogen) atoms. The Bertz CT molecular complexity index is 1190. The zero-order valence-corrected chi connectivity index (χ0v) is 21.6. The van der Waals surface area contributed by atoms with Crippen LogP contribution in [0.2, 0.25) is 0 Å². The largest absolute Gasteiger partial charge is 0.468 e. The molecule has 0 unspecified atom stereocenters. The van der Waals surface area contributed by atoms with Crippen LogP contribution in [0, 0.1) is 13.8 Å². The van der Waals surface area contributed by atoms with Crippen molar-refractivity contribution in [3.8, 4) is 11.1 Å². The fourth-order valence-electron chi connectivity index (χ4n) is 4.04. The van der Waals surface area contributed by atoms with Crippen LogP contribution < -0.4 is 10.2 Å². The Labute approximate surface area is 207 Å². The molecule has 186 valence electrons. The first-order valence-electron chi connectivity index (χ1n) is 11.7. The number of anilines is 1. The van der Waals surface area contributed by atoms with Crippen molar-refractivity contribution >= 4 is 29.7 Å². The van der Waals surface area contributed by atoms with E-state index in [9.17, 15) is 14.4 Å². The maximum Gasteiger partial charge on any atom is 0.414 e. The van der Waals surface area contributed by atoms with E-state index in [0.717, 1.165) is 45.5 Å². The van der Waals surface area contributed by atoms with Crippen LogP contribution in [0.3, 0.4) is 0 Å². The van der Waals surface area contributed by atoms with Crippen LogP contribution in [0.1, 0.15) is 49.9 Å². The number of nitrogens with one attached hydrogen (secondary N) is 1. The number of aryl methyl sites for hydroxylation is 2. The second-order valence-corrected chi connectivity index (χ2v) is 9.84. The molecule has 2 amide bonds. The minimum atomic E-state index is -0.537. The molecule has 7 heteroatoms. The molecule has 0 radical (unpaired) electrons. The molecule has 2 aromatic rings. The van der Waals surface area contributed by atoms with Gasteiger partial charge in [-0.05, 0) is 99.6 Å². The summed E-state index contributed by atoms with van der Waals surface area (Å²) < 4.78 is 10.1. The average molecular weight is 479 g/mol. The monoisotopic (exact) mass is 478 g/mol. The van der Waals surface area contributed by atoms with Crippen LogP contribution in [-0.2, 0) is 25.5 Å². The van der Waals surface area contributed by atoms with Gasteiger partial charge in [-0.15, -0.1) is 0 Å². The van der Waals surface area contributed by atoms with Crippen molar-refractivity contribution < 1.29 is 23.9 Å². The number of methoxy groups -OCH3 is 1. The number of nitrogens with zero attached hydrogens (tertiary/aromatic N) is 1. The number of ether oxygens (including phenoxy) is 2. The molecule has 0 saturated carbocycles. The Balaban J connectivity index is 1.82. The highest BCUT2D eigenvalue weighted by molar-refractivity contribution is 5.99. The summed E-state index contributed by atoms with van der Waals surface area (Å²) in [6, 6.07) is 10.3.